The first-order valence-corrected chi connectivity index (χ1v) is 12.2. The van der Waals surface area contributed by atoms with Crippen molar-refractivity contribution in [3.63, 3.8) is 0 Å². The van der Waals surface area contributed by atoms with Crippen LogP contribution in [0.1, 0.15) is 12.0 Å². The highest BCUT2D eigenvalue weighted by Crippen LogP contribution is 2.41. The van der Waals surface area contributed by atoms with Crippen LogP contribution >= 0.6 is 0 Å². The number of nitrogens with zero attached hydrogens (tertiary/aromatic N) is 2. The van der Waals surface area contributed by atoms with Crippen LogP contribution in [0.2, 0.25) is 0 Å². The molecule has 2 atom stereocenters. The van der Waals surface area contributed by atoms with Crippen LogP contribution in [0, 0.1) is 0 Å². The number of hydrogen-bond donors (Lipinski definition) is 0. The molecule has 0 saturated carbocycles. The molecule has 0 aliphatic carbocycles. The van der Waals surface area contributed by atoms with Crippen molar-refractivity contribution in [1.82, 2.24) is 9.21 Å². The lowest BCUT2D eigenvalue weighted by Gasteiger charge is -2.44. The average Bonchev–Trinajstić information content (AvgIpc) is 3.30. The normalized spacial score (nSPS) is 23.1. The minimum Gasteiger partial charge on any atom is -0.493 e. The Hall–Kier alpha value is -2.89. The Labute approximate surface area is 198 Å². The smallest absolute Gasteiger partial charge is 0.410 e. The molecule has 0 bridgehead atoms. The molecule has 11 heteroatoms. The molecule has 2 aromatic rings. The van der Waals surface area contributed by atoms with E-state index in [1.807, 2.05) is 30.3 Å². The van der Waals surface area contributed by atoms with Gasteiger partial charge in [-0.1, -0.05) is 30.3 Å². The van der Waals surface area contributed by atoms with Gasteiger partial charge >= 0.3 is 6.09 Å². The van der Waals surface area contributed by atoms with E-state index in [9.17, 15) is 13.2 Å². The van der Waals surface area contributed by atoms with Gasteiger partial charge in [0.2, 0.25) is 10.0 Å². The Kier molecular flexibility index (Phi) is 6.96. The van der Waals surface area contributed by atoms with Crippen LogP contribution in [0.4, 0.5) is 9.18 Å². The predicted molar refractivity (Wildman–Crippen MR) is 120 cm³/mol. The summed E-state index contributed by atoms with van der Waals surface area (Å²) in [5.41, 5.74) is -0.880. The van der Waals surface area contributed by atoms with Crippen molar-refractivity contribution in [2.45, 2.75) is 29.8 Å². The molecule has 9 nitrogen and oxygen atoms in total. The van der Waals surface area contributed by atoms with Gasteiger partial charge in [0.05, 0.1) is 32.3 Å². The molecule has 0 radical (unpaired) electrons. The molecular weight excluding hydrogens is 467 g/mol. The molecule has 1 spiro atoms. The highest BCUT2D eigenvalue weighted by molar-refractivity contribution is 7.89. The lowest BCUT2D eigenvalue weighted by atomic mass is 9.99. The van der Waals surface area contributed by atoms with Crippen molar-refractivity contribution in [3.05, 3.63) is 54.1 Å². The van der Waals surface area contributed by atoms with Gasteiger partial charge < -0.3 is 23.8 Å². The van der Waals surface area contributed by atoms with Crippen molar-refractivity contribution in [2.75, 3.05) is 40.5 Å². The highest BCUT2D eigenvalue weighted by Gasteiger charge is 2.57. The van der Waals surface area contributed by atoms with E-state index in [1.54, 1.807) is 0 Å². The second-order valence-corrected chi connectivity index (χ2v) is 9.85. The number of likely N-dealkylation sites (tertiary alicyclic amines) is 1. The van der Waals surface area contributed by atoms with Crippen molar-refractivity contribution in [3.8, 4) is 11.5 Å². The monoisotopic (exact) mass is 494 g/mol. The Morgan fingerprint density at radius 1 is 1.12 bits per heavy atom. The molecule has 2 unspecified atom stereocenters. The number of benzene rings is 2. The number of methoxy groups -OCH3 is 2. The maximum atomic E-state index is 15.6. The SMILES string of the molecule is COc1ccc(S(=O)(=O)N2CCOC23CCN(C(=O)OCc2ccccc2)CC3F)cc1OC. The number of carbonyl (C=O) groups excluding carboxylic acids is 1. The fourth-order valence-corrected chi connectivity index (χ4v) is 6.02. The van der Waals surface area contributed by atoms with Gasteiger partial charge in [0.25, 0.3) is 0 Å². The average molecular weight is 495 g/mol. The summed E-state index contributed by atoms with van der Waals surface area (Å²) in [4.78, 5) is 13.7. The quantitative estimate of drug-likeness (QED) is 0.610. The minimum atomic E-state index is -4.12. The first-order valence-electron chi connectivity index (χ1n) is 10.8. The molecule has 34 heavy (non-hydrogen) atoms. The fourth-order valence-electron chi connectivity index (χ4n) is 4.29. The van der Waals surface area contributed by atoms with Crippen LogP contribution in [0.15, 0.2) is 53.4 Å². The molecular formula is C23H27FN2O7S. The van der Waals surface area contributed by atoms with Gasteiger partial charge in [-0.15, -0.1) is 0 Å². The zero-order chi connectivity index (χ0) is 24.3. The number of halogens is 1. The van der Waals surface area contributed by atoms with Gasteiger partial charge in [-0.05, 0) is 17.7 Å². The summed E-state index contributed by atoms with van der Waals surface area (Å²) in [6.45, 7) is -0.146. The van der Waals surface area contributed by atoms with Gasteiger partial charge in [0, 0.05) is 25.6 Å². The number of piperidine rings is 1. The third-order valence-electron chi connectivity index (χ3n) is 6.08. The van der Waals surface area contributed by atoms with Gasteiger partial charge in [-0.3, -0.25) is 0 Å². The van der Waals surface area contributed by atoms with Crippen LogP contribution < -0.4 is 9.47 Å². The molecule has 2 fully saturated rings. The Morgan fingerprint density at radius 3 is 2.53 bits per heavy atom. The maximum Gasteiger partial charge on any atom is 0.410 e. The molecule has 4 rings (SSSR count). The molecule has 2 saturated heterocycles. The lowest BCUT2D eigenvalue weighted by Crippen LogP contribution is -2.62. The van der Waals surface area contributed by atoms with E-state index >= 15 is 4.39 Å². The summed E-state index contributed by atoms with van der Waals surface area (Å²) < 4.78 is 65.0. The first-order chi connectivity index (χ1) is 16.3. The highest BCUT2D eigenvalue weighted by atomic mass is 32.2. The first kappa shape index (κ1) is 24.2. The summed E-state index contributed by atoms with van der Waals surface area (Å²) in [6.07, 6.45) is -2.45. The third-order valence-corrected chi connectivity index (χ3v) is 8.01. The van der Waals surface area contributed by atoms with Crippen LogP contribution in [-0.4, -0.2) is 76.1 Å². The number of hydrogen-bond acceptors (Lipinski definition) is 7. The van der Waals surface area contributed by atoms with Crippen molar-refractivity contribution < 1.29 is 36.6 Å². The molecule has 1 amide bonds. The molecule has 184 valence electrons. The van der Waals surface area contributed by atoms with E-state index in [0.29, 0.717) is 5.75 Å². The number of amides is 1. The summed E-state index contributed by atoms with van der Waals surface area (Å²) in [6, 6.07) is 13.3. The number of ether oxygens (including phenoxy) is 4. The minimum absolute atomic E-state index is 0.00441. The van der Waals surface area contributed by atoms with Crippen molar-refractivity contribution in [2.24, 2.45) is 0 Å². The zero-order valence-corrected chi connectivity index (χ0v) is 19.8. The van der Waals surface area contributed by atoms with Crippen molar-refractivity contribution >= 4 is 16.1 Å². The van der Waals surface area contributed by atoms with Crippen molar-refractivity contribution in [1.29, 1.82) is 0 Å². The second-order valence-electron chi connectivity index (χ2n) is 7.99. The standard InChI is InChI=1S/C23H27FN2O7S/c1-30-19-9-8-18(14-20(19)31-2)34(28,29)26-12-13-33-23(26)10-11-25(15-21(23)24)22(27)32-16-17-6-4-3-5-7-17/h3-9,14,21H,10-13,15-16H2,1-2H3. The molecule has 2 aliphatic heterocycles. The largest absolute Gasteiger partial charge is 0.493 e. The van der Waals surface area contributed by atoms with E-state index in [4.69, 9.17) is 18.9 Å². The summed E-state index contributed by atoms with van der Waals surface area (Å²) in [5.74, 6) is 0.616. The summed E-state index contributed by atoms with van der Waals surface area (Å²) in [7, 11) is -1.28. The molecule has 2 aromatic carbocycles. The molecule has 2 aliphatic rings. The number of sulfonamides is 1. The number of alkyl halides is 1. The Morgan fingerprint density at radius 2 is 1.85 bits per heavy atom. The lowest BCUT2D eigenvalue weighted by molar-refractivity contribution is -0.138. The predicted octanol–water partition coefficient (Wildman–Crippen LogP) is 2.80. The van der Waals surface area contributed by atoms with Gasteiger partial charge in [-0.2, -0.15) is 4.31 Å². The molecule has 0 aromatic heterocycles. The number of rotatable bonds is 6. The van der Waals surface area contributed by atoms with Gasteiger partial charge in [-0.25, -0.2) is 17.6 Å². The Bertz CT molecular complexity index is 1130. The molecule has 0 N–H and O–H groups in total. The summed E-state index contributed by atoms with van der Waals surface area (Å²) >= 11 is 0. The Balaban J connectivity index is 1.49. The van der Waals surface area contributed by atoms with Crippen LogP contribution in [0.25, 0.3) is 0 Å². The third kappa shape index (κ3) is 4.42. The number of carbonyl (C=O) groups is 1. The van der Waals surface area contributed by atoms with Gasteiger partial charge in [0.15, 0.2) is 23.4 Å². The van der Waals surface area contributed by atoms with E-state index < -0.39 is 28.0 Å². The van der Waals surface area contributed by atoms with Crippen LogP contribution in [0.5, 0.6) is 11.5 Å². The fraction of sp³-hybridized carbons (Fsp3) is 0.435. The van der Waals surface area contributed by atoms with E-state index in [1.165, 1.54) is 37.3 Å². The summed E-state index contributed by atoms with van der Waals surface area (Å²) in [5, 5.41) is 0. The van der Waals surface area contributed by atoms with E-state index in [-0.39, 0.29) is 49.9 Å². The zero-order valence-electron chi connectivity index (χ0n) is 19.0. The van der Waals surface area contributed by atoms with E-state index in [2.05, 4.69) is 0 Å². The molecule has 2 heterocycles. The van der Waals surface area contributed by atoms with Crippen LogP contribution in [-0.2, 0) is 26.1 Å². The van der Waals surface area contributed by atoms with Gasteiger partial charge in [0.1, 0.15) is 6.61 Å². The van der Waals surface area contributed by atoms with E-state index in [0.717, 1.165) is 9.87 Å². The topological polar surface area (TPSA) is 94.6 Å². The van der Waals surface area contributed by atoms with Crippen LogP contribution in [0.3, 0.4) is 0 Å². The maximum absolute atomic E-state index is 15.6. The second kappa shape index (κ2) is 9.77.